The number of nitrogens with two attached hydrogens (primary N) is 1. The lowest BCUT2D eigenvalue weighted by Crippen LogP contribution is -2.43. The summed E-state index contributed by atoms with van der Waals surface area (Å²) in [5.74, 6) is -0.676. The number of amides is 1. The van der Waals surface area contributed by atoms with Gasteiger partial charge in [0.25, 0.3) is 0 Å². The Balaban J connectivity index is 1.57. The fourth-order valence-corrected chi connectivity index (χ4v) is 4.16. The van der Waals surface area contributed by atoms with Gasteiger partial charge in [-0.05, 0) is 55.5 Å². The molecule has 0 atom stereocenters. The second-order valence-electron chi connectivity index (χ2n) is 8.28. The number of nitrogen functional groups attached to an aromatic ring is 1. The van der Waals surface area contributed by atoms with Crippen molar-refractivity contribution in [2.45, 2.75) is 32.1 Å². The van der Waals surface area contributed by atoms with Crippen molar-refractivity contribution >= 4 is 23.4 Å². The van der Waals surface area contributed by atoms with Crippen molar-refractivity contribution in [2.75, 3.05) is 31.1 Å². The molecule has 3 rings (SSSR count). The van der Waals surface area contributed by atoms with Crippen LogP contribution in [0.1, 0.15) is 36.8 Å². The van der Waals surface area contributed by atoms with Crippen LogP contribution in [0.3, 0.4) is 0 Å². The molecule has 7 heteroatoms. The summed E-state index contributed by atoms with van der Waals surface area (Å²) in [7, 11) is 0. The highest BCUT2D eigenvalue weighted by atomic mass is 16.4. The average molecular weight is 437 g/mol. The maximum absolute atomic E-state index is 13.3. The minimum absolute atomic E-state index is 0.0386. The summed E-state index contributed by atoms with van der Waals surface area (Å²) in [6, 6.07) is 17.7. The van der Waals surface area contributed by atoms with Crippen LogP contribution in [0.15, 0.2) is 54.6 Å². The van der Waals surface area contributed by atoms with Crippen LogP contribution in [0.25, 0.3) is 0 Å². The molecule has 0 saturated carbocycles. The van der Waals surface area contributed by atoms with Crippen LogP contribution in [0.2, 0.25) is 0 Å². The Morgan fingerprint density at radius 2 is 1.69 bits per heavy atom. The summed E-state index contributed by atoms with van der Waals surface area (Å²) < 4.78 is 0. The van der Waals surface area contributed by atoms with Crippen LogP contribution >= 0.6 is 0 Å². The molecule has 0 aliphatic carbocycles. The molecule has 1 saturated heterocycles. The zero-order valence-electron chi connectivity index (χ0n) is 18.4. The molecule has 0 unspecified atom stereocenters. The third-order valence-electron chi connectivity index (χ3n) is 6.03. The van der Waals surface area contributed by atoms with Gasteiger partial charge in [0.15, 0.2) is 0 Å². The predicted octanol–water partition coefficient (Wildman–Crippen LogP) is 3.12. The van der Waals surface area contributed by atoms with Crippen LogP contribution in [0, 0.1) is 11.3 Å². The van der Waals surface area contributed by atoms with Gasteiger partial charge in [-0.3, -0.25) is 15.0 Å². The van der Waals surface area contributed by atoms with Gasteiger partial charge < -0.3 is 20.6 Å². The van der Waals surface area contributed by atoms with Gasteiger partial charge in [-0.25, -0.2) is 0 Å². The van der Waals surface area contributed by atoms with Crippen LogP contribution in [0.5, 0.6) is 0 Å². The summed E-state index contributed by atoms with van der Waals surface area (Å²) in [5, 5.41) is 16.5. The van der Waals surface area contributed by atoms with E-state index in [0.29, 0.717) is 25.1 Å². The lowest BCUT2D eigenvalue weighted by molar-refractivity contribution is -0.139. The number of carbonyl (C=O) groups is 2. The lowest BCUT2D eigenvalue weighted by atomic mass is 9.94. The standard InChI is InChI=1S/C25H32N4O3/c26-24(27)20-8-10-22(11-9-20)28-17-13-21(14-18-28)25(32)29(15-4-7-23(30)31)16-12-19-5-2-1-3-6-19/h1-3,5-6,8-11,21H,4,7,12-18H2,(H3,26,27)(H,30,31). The fourth-order valence-electron chi connectivity index (χ4n) is 4.16. The number of rotatable bonds is 10. The number of hydrogen-bond donors (Lipinski definition) is 3. The van der Waals surface area contributed by atoms with E-state index >= 15 is 0 Å². The van der Waals surface area contributed by atoms with Gasteiger partial charge in [0.1, 0.15) is 5.84 Å². The zero-order valence-corrected chi connectivity index (χ0v) is 18.4. The maximum Gasteiger partial charge on any atom is 0.303 e. The van der Waals surface area contributed by atoms with E-state index in [-0.39, 0.29) is 24.1 Å². The number of hydrogen-bond acceptors (Lipinski definition) is 4. The summed E-state index contributed by atoms with van der Waals surface area (Å²) in [6.07, 6.45) is 2.85. The minimum Gasteiger partial charge on any atom is -0.481 e. The van der Waals surface area contributed by atoms with Gasteiger partial charge in [-0.15, -0.1) is 0 Å². The normalized spacial score (nSPS) is 14.2. The molecule has 7 nitrogen and oxygen atoms in total. The van der Waals surface area contributed by atoms with Crippen LogP contribution in [-0.2, 0) is 16.0 Å². The maximum atomic E-state index is 13.3. The molecule has 4 N–H and O–H groups in total. The zero-order chi connectivity index (χ0) is 22.9. The van der Waals surface area contributed by atoms with E-state index in [1.165, 1.54) is 5.56 Å². The molecule has 1 heterocycles. The Morgan fingerprint density at radius 3 is 2.28 bits per heavy atom. The number of carboxylic acids is 1. The first kappa shape index (κ1) is 23.3. The summed E-state index contributed by atoms with van der Waals surface area (Å²) in [6.45, 7) is 2.66. The Labute approximate surface area is 189 Å². The number of nitrogens with one attached hydrogen (secondary N) is 1. The van der Waals surface area contributed by atoms with Crippen LogP contribution in [-0.4, -0.2) is 53.9 Å². The largest absolute Gasteiger partial charge is 0.481 e. The monoisotopic (exact) mass is 436 g/mol. The molecule has 0 aromatic heterocycles. The van der Waals surface area contributed by atoms with Crippen LogP contribution < -0.4 is 10.6 Å². The van der Waals surface area contributed by atoms with E-state index < -0.39 is 5.97 Å². The third-order valence-corrected chi connectivity index (χ3v) is 6.03. The van der Waals surface area contributed by atoms with Crippen molar-refractivity contribution in [2.24, 2.45) is 11.7 Å². The molecule has 1 fully saturated rings. The minimum atomic E-state index is -0.829. The third kappa shape index (κ3) is 6.57. The molecule has 1 aliphatic rings. The summed E-state index contributed by atoms with van der Waals surface area (Å²) in [4.78, 5) is 28.3. The number of piperidine rings is 1. The number of benzene rings is 2. The average Bonchev–Trinajstić information content (AvgIpc) is 2.81. The molecule has 1 amide bonds. The Hall–Kier alpha value is -3.35. The summed E-state index contributed by atoms with van der Waals surface area (Å²) in [5.41, 5.74) is 8.48. The van der Waals surface area contributed by atoms with E-state index in [1.54, 1.807) is 0 Å². The van der Waals surface area contributed by atoms with Crippen molar-refractivity contribution in [3.05, 3.63) is 65.7 Å². The van der Waals surface area contributed by atoms with Gasteiger partial charge in [-0.2, -0.15) is 0 Å². The van der Waals surface area contributed by atoms with Crippen molar-refractivity contribution in [1.82, 2.24) is 4.90 Å². The molecular weight excluding hydrogens is 404 g/mol. The van der Waals surface area contributed by atoms with E-state index in [1.807, 2.05) is 47.4 Å². The van der Waals surface area contributed by atoms with E-state index in [9.17, 15) is 9.59 Å². The van der Waals surface area contributed by atoms with Gasteiger partial charge in [0.2, 0.25) is 5.91 Å². The smallest absolute Gasteiger partial charge is 0.303 e. The molecule has 0 spiro atoms. The molecular formula is C25H32N4O3. The second-order valence-corrected chi connectivity index (χ2v) is 8.28. The van der Waals surface area contributed by atoms with Crippen molar-refractivity contribution in [3.63, 3.8) is 0 Å². The number of aliphatic carboxylic acids is 1. The molecule has 0 bridgehead atoms. The Bertz CT molecular complexity index is 907. The van der Waals surface area contributed by atoms with Gasteiger partial charge >= 0.3 is 5.97 Å². The van der Waals surface area contributed by atoms with Gasteiger partial charge in [0, 0.05) is 49.8 Å². The summed E-state index contributed by atoms with van der Waals surface area (Å²) >= 11 is 0. The molecule has 2 aromatic rings. The highest BCUT2D eigenvalue weighted by Crippen LogP contribution is 2.25. The van der Waals surface area contributed by atoms with Crippen molar-refractivity contribution < 1.29 is 14.7 Å². The first-order chi connectivity index (χ1) is 15.4. The molecule has 2 aromatic carbocycles. The Morgan fingerprint density at radius 1 is 1.03 bits per heavy atom. The predicted molar refractivity (Wildman–Crippen MR) is 126 cm³/mol. The SMILES string of the molecule is N=C(N)c1ccc(N2CCC(C(=O)N(CCCC(=O)O)CCc3ccccc3)CC2)cc1. The number of anilines is 1. The van der Waals surface area contributed by atoms with Gasteiger partial charge in [0.05, 0.1) is 0 Å². The van der Waals surface area contributed by atoms with E-state index in [4.69, 9.17) is 16.2 Å². The van der Waals surface area contributed by atoms with Crippen molar-refractivity contribution in [3.8, 4) is 0 Å². The molecule has 0 radical (unpaired) electrons. The molecule has 170 valence electrons. The Kier molecular flexibility index (Phi) is 8.25. The first-order valence-electron chi connectivity index (χ1n) is 11.2. The van der Waals surface area contributed by atoms with Gasteiger partial charge in [-0.1, -0.05) is 30.3 Å². The quantitative estimate of drug-likeness (QED) is 0.391. The first-order valence-corrected chi connectivity index (χ1v) is 11.2. The van der Waals surface area contributed by atoms with Crippen molar-refractivity contribution in [1.29, 1.82) is 5.41 Å². The number of carboxylic acid groups (broad SMARTS) is 1. The lowest BCUT2D eigenvalue weighted by Gasteiger charge is -2.35. The van der Waals surface area contributed by atoms with E-state index in [2.05, 4.69) is 17.0 Å². The molecule has 1 aliphatic heterocycles. The highest BCUT2D eigenvalue weighted by Gasteiger charge is 2.28. The van der Waals surface area contributed by atoms with Crippen LogP contribution in [0.4, 0.5) is 5.69 Å². The van der Waals surface area contributed by atoms with E-state index in [0.717, 1.165) is 38.0 Å². The second kappa shape index (κ2) is 11.3. The number of amidine groups is 1. The molecule has 32 heavy (non-hydrogen) atoms. The topological polar surface area (TPSA) is 111 Å². The number of nitrogens with zero attached hydrogens (tertiary/aromatic N) is 2. The fraction of sp³-hybridized carbons (Fsp3) is 0.400. The number of carbonyl (C=O) groups excluding carboxylic acids is 1. The highest BCUT2D eigenvalue weighted by molar-refractivity contribution is 5.95.